The quantitative estimate of drug-likeness (QED) is 0.0513. The molecule has 0 aromatic carbocycles. The molecule has 0 fully saturated rings. The molecule has 0 aliphatic heterocycles. The largest absolute Gasteiger partial charge is 0.481 e. The Morgan fingerprint density at radius 3 is 0.700 bits per heavy atom. The van der Waals surface area contributed by atoms with Crippen LogP contribution in [0.2, 0.25) is 0 Å². The highest BCUT2D eigenvalue weighted by atomic mass is 31.2. The minimum atomic E-state index is -3.78. The molecule has 0 unspecified atom stereocenters. The molecule has 0 radical (unpaired) electrons. The van der Waals surface area contributed by atoms with Gasteiger partial charge in [0, 0.05) is 12.6 Å². The second kappa shape index (κ2) is 31.6. The van der Waals surface area contributed by atoms with Crippen molar-refractivity contribution in [3.8, 4) is 0 Å². The molecular weight excluding hydrogens is 519 g/mol. The molecule has 0 saturated heterocycles. The lowest BCUT2D eigenvalue weighted by atomic mass is 10.0. The van der Waals surface area contributed by atoms with E-state index in [0.717, 1.165) is 25.7 Å². The van der Waals surface area contributed by atoms with Gasteiger partial charge in [0.1, 0.15) is 0 Å². The Morgan fingerprint density at radius 2 is 0.525 bits per heavy atom. The third-order valence-electron chi connectivity index (χ3n) is 8.34. The minimum Gasteiger partial charge on any atom is -0.481 e. The van der Waals surface area contributed by atoms with Crippen molar-refractivity contribution < 1.29 is 24.3 Å². The predicted molar refractivity (Wildman–Crippen MR) is 172 cm³/mol. The molecule has 0 aliphatic carbocycles. The van der Waals surface area contributed by atoms with Gasteiger partial charge in [0.2, 0.25) is 0 Å². The Labute approximate surface area is 249 Å². The molecule has 0 amide bonds. The second-order valence-electron chi connectivity index (χ2n) is 12.5. The summed E-state index contributed by atoms with van der Waals surface area (Å²) in [4.78, 5) is 28.1. The van der Waals surface area contributed by atoms with Gasteiger partial charge in [0.15, 0.2) is 0 Å². The standard InChI is InChI=1S/C34H69O5P/c35-34(36)32-30-28-26-24-22-20-18-16-14-12-10-8-6-4-2-1-3-5-7-9-11-13-15-17-19-21-23-25-27-29-31-33-40(37,38)39/h1-33H2,(H,35,36)(H2,37,38,39). The van der Waals surface area contributed by atoms with E-state index in [1.165, 1.54) is 167 Å². The van der Waals surface area contributed by atoms with Crippen molar-refractivity contribution in [2.24, 2.45) is 0 Å². The highest BCUT2D eigenvalue weighted by Gasteiger charge is 2.10. The third-order valence-corrected chi connectivity index (χ3v) is 9.24. The van der Waals surface area contributed by atoms with E-state index < -0.39 is 13.6 Å². The van der Waals surface area contributed by atoms with Gasteiger partial charge in [-0.3, -0.25) is 9.36 Å². The summed E-state index contributed by atoms with van der Waals surface area (Å²) in [5.41, 5.74) is 0. The van der Waals surface area contributed by atoms with Crippen LogP contribution in [0.15, 0.2) is 0 Å². The number of aliphatic carboxylic acids is 1. The normalized spacial score (nSPS) is 11.8. The summed E-state index contributed by atoms with van der Waals surface area (Å²) in [6.07, 6.45) is 40.8. The highest BCUT2D eigenvalue weighted by Crippen LogP contribution is 2.35. The fourth-order valence-electron chi connectivity index (χ4n) is 5.72. The van der Waals surface area contributed by atoms with E-state index in [1.54, 1.807) is 0 Å². The summed E-state index contributed by atoms with van der Waals surface area (Å²) in [7, 11) is -3.78. The van der Waals surface area contributed by atoms with Crippen LogP contribution in [0.1, 0.15) is 205 Å². The van der Waals surface area contributed by atoms with Crippen molar-refractivity contribution in [3.63, 3.8) is 0 Å². The predicted octanol–water partition coefficient (Wildman–Crippen LogP) is 11.7. The van der Waals surface area contributed by atoms with Crippen LogP contribution in [-0.4, -0.2) is 27.0 Å². The van der Waals surface area contributed by atoms with Gasteiger partial charge >= 0.3 is 13.6 Å². The Bertz CT molecular complexity index is 563. The monoisotopic (exact) mass is 588 g/mol. The van der Waals surface area contributed by atoms with Crippen LogP contribution in [0, 0.1) is 0 Å². The van der Waals surface area contributed by atoms with E-state index in [0.29, 0.717) is 12.8 Å². The topological polar surface area (TPSA) is 94.8 Å². The molecular formula is C34H69O5P. The average Bonchev–Trinajstić information content (AvgIpc) is 2.90. The zero-order chi connectivity index (χ0) is 29.4. The van der Waals surface area contributed by atoms with E-state index in [2.05, 4.69) is 0 Å². The smallest absolute Gasteiger partial charge is 0.325 e. The summed E-state index contributed by atoms with van der Waals surface area (Å²) in [6, 6.07) is 0. The molecule has 5 nitrogen and oxygen atoms in total. The van der Waals surface area contributed by atoms with Crippen molar-refractivity contribution >= 4 is 13.6 Å². The zero-order valence-corrected chi connectivity index (χ0v) is 27.3. The van der Waals surface area contributed by atoms with Gasteiger partial charge < -0.3 is 14.9 Å². The SMILES string of the molecule is O=C(O)CCCCCCCCCCCCCCCCCCCCCCCCCCCCCCCCCP(=O)(O)O. The highest BCUT2D eigenvalue weighted by molar-refractivity contribution is 7.51. The average molecular weight is 589 g/mol. The first-order valence-corrected chi connectivity index (χ1v) is 19.5. The zero-order valence-electron chi connectivity index (χ0n) is 26.4. The van der Waals surface area contributed by atoms with Crippen LogP contribution in [0.25, 0.3) is 0 Å². The molecule has 0 atom stereocenters. The number of carboxylic acids is 1. The Kier molecular flexibility index (Phi) is 31.3. The van der Waals surface area contributed by atoms with Crippen molar-refractivity contribution in [2.45, 2.75) is 205 Å². The minimum absolute atomic E-state index is 0.0542. The molecule has 0 saturated carbocycles. The van der Waals surface area contributed by atoms with Crippen LogP contribution in [0.4, 0.5) is 0 Å². The molecule has 0 heterocycles. The first kappa shape index (κ1) is 39.6. The van der Waals surface area contributed by atoms with Crippen molar-refractivity contribution in [3.05, 3.63) is 0 Å². The fraction of sp³-hybridized carbons (Fsp3) is 0.971. The molecule has 0 aromatic rings. The third kappa shape index (κ3) is 37.6. The van der Waals surface area contributed by atoms with Crippen LogP contribution in [0.5, 0.6) is 0 Å². The van der Waals surface area contributed by atoms with Crippen LogP contribution in [-0.2, 0) is 9.36 Å². The van der Waals surface area contributed by atoms with E-state index >= 15 is 0 Å². The molecule has 0 aromatic heterocycles. The molecule has 40 heavy (non-hydrogen) atoms. The molecule has 240 valence electrons. The summed E-state index contributed by atoms with van der Waals surface area (Å²) in [5, 5.41) is 8.63. The first-order valence-electron chi connectivity index (χ1n) is 17.7. The van der Waals surface area contributed by atoms with Crippen LogP contribution in [0.3, 0.4) is 0 Å². The fourth-order valence-corrected chi connectivity index (χ4v) is 6.36. The number of hydrogen-bond donors (Lipinski definition) is 3. The summed E-state index contributed by atoms with van der Waals surface area (Å²) in [5.74, 6) is -0.657. The molecule has 0 bridgehead atoms. The lowest BCUT2D eigenvalue weighted by Crippen LogP contribution is -1.93. The van der Waals surface area contributed by atoms with E-state index in [9.17, 15) is 9.36 Å². The summed E-state index contributed by atoms with van der Waals surface area (Å²) >= 11 is 0. The van der Waals surface area contributed by atoms with Crippen molar-refractivity contribution in [2.75, 3.05) is 6.16 Å². The van der Waals surface area contributed by atoms with Crippen LogP contribution >= 0.6 is 7.60 Å². The maximum absolute atomic E-state index is 10.8. The number of unbranched alkanes of at least 4 members (excludes halogenated alkanes) is 30. The molecule has 0 rings (SSSR count). The van der Waals surface area contributed by atoms with E-state index in [-0.39, 0.29) is 6.16 Å². The van der Waals surface area contributed by atoms with Crippen molar-refractivity contribution in [1.82, 2.24) is 0 Å². The Balaban J connectivity index is 3.06. The molecule has 0 aliphatic rings. The molecule has 3 N–H and O–H groups in total. The van der Waals surface area contributed by atoms with Gasteiger partial charge in [0.25, 0.3) is 0 Å². The summed E-state index contributed by atoms with van der Waals surface area (Å²) < 4.78 is 10.8. The lowest BCUT2D eigenvalue weighted by molar-refractivity contribution is -0.137. The summed E-state index contributed by atoms with van der Waals surface area (Å²) in [6.45, 7) is 0. The van der Waals surface area contributed by atoms with E-state index in [4.69, 9.17) is 14.9 Å². The van der Waals surface area contributed by atoms with Crippen LogP contribution < -0.4 is 0 Å². The lowest BCUT2D eigenvalue weighted by Gasteiger charge is -2.05. The van der Waals surface area contributed by atoms with Gasteiger partial charge in [-0.2, -0.15) is 0 Å². The second-order valence-corrected chi connectivity index (χ2v) is 14.3. The maximum atomic E-state index is 10.8. The number of carboxylic acid groups (broad SMARTS) is 1. The van der Waals surface area contributed by atoms with Gasteiger partial charge in [0.05, 0.1) is 0 Å². The van der Waals surface area contributed by atoms with Gasteiger partial charge in [-0.15, -0.1) is 0 Å². The Hall–Kier alpha value is -0.380. The maximum Gasteiger partial charge on any atom is 0.325 e. The van der Waals surface area contributed by atoms with Crippen molar-refractivity contribution in [1.29, 1.82) is 0 Å². The molecule has 0 spiro atoms. The van der Waals surface area contributed by atoms with Gasteiger partial charge in [-0.05, 0) is 12.8 Å². The Morgan fingerprint density at radius 1 is 0.350 bits per heavy atom. The molecule has 6 heteroatoms. The van der Waals surface area contributed by atoms with Gasteiger partial charge in [-0.1, -0.05) is 186 Å². The number of carbonyl (C=O) groups is 1. The number of rotatable bonds is 34. The first-order chi connectivity index (χ1) is 19.4. The van der Waals surface area contributed by atoms with Gasteiger partial charge in [-0.25, -0.2) is 0 Å². The van der Waals surface area contributed by atoms with E-state index in [1.807, 2.05) is 0 Å². The number of hydrogen-bond acceptors (Lipinski definition) is 2.